The Morgan fingerprint density at radius 2 is 1.85 bits per heavy atom. The van der Waals surface area contributed by atoms with Gasteiger partial charge in [-0.1, -0.05) is 0 Å². The second kappa shape index (κ2) is 9.98. The van der Waals surface area contributed by atoms with Crippen molar-refractivity contribution in [2.45, 2.75) is 18.2 Å². The smallest absolute Gasteiger partial charge is 0.307 e. The number of rotatable bonds is 10. The van der Waals surface area contributed by atoms with Gasteiger partial charge in [-0.25, -0.2) is 13.1 Å². The Bertz CT molecular complexity index is 892. The van der Waals surface area contributed by atoms with Crippen LogP contribution in [0.2, 0.25) is 0 Å². The van der Waals surface area contributed by atoms with Crippen molar-refractivity contribution in [2.75, 3.05) is 19.8 Å². The Labute approximate surface area is 169 Å². The summed E-state index contributed by atoms with van der Waals surface area (Å²) in [6.45, 7) is 1.81. The van der Waals surface area contributed by atoms with E-state index in [1.165, 1.54) is 23.5 Å². The molecule has 2 rings (SSSR count). The molecule has 0 aliphatic carbocycles. The number of esters is 1. The molecule has 0 amide bonds. The van der Waals surface area contributed by atoms with Gasteiger partial charge in [0, 0.05) is 6.54 Å². The van der Waals surface area contributed by atoms with E-state index >= 15 is 0 Å². The van der Waals surface area contributed by atoms with Crippen molar-refractivity contribution in [3.63, 3.8) is 0 Å². The van der Waals surface area contributed by atoms with Crippen LogP contribution in [0.25, 0.3) is 0 Å². The van der Waals surface area contributed by atoms with Crippen LogP contribution in [0, 0.1) is 0 Å². The first-order chi connectivity index (χ1) is 12.8. The molecule has 1 aromatic heterocycles. The molecule has 0 unspecified atom stereocenters. The van der Waals surface area contributed by atoms with Crippen molar-refractivity contribution < 1.29 is 27.5 Å². The van der Waals surface area contributed by atoms with E-state index in [0.717, 1.165) is 3.79 Å². The number of hydrogen-bond acceptors (Lipinski definition) is 7. The molecule has 0 spiro atoms. The average Bonchev–Trinajstić information content (AvgIpc) is 3.07. The van der Waals surface area contributed by atoms with Gasteiger partial charge >= 0.3 is 5.97 Å². The molecule has 10 heteroatoms. The predicted octanol–water partition coefficient (Wildman–Crippen LogP) is 3.00. The largest absolute Gasteiger partial charge is 0.494 e. The molecule has 0 radical (unpaired) electrons. The number of thiophene rings is 1. The molecule has 27 heavy (non-hydrogen) atoms. The highest BCUT2D eigenvalue weighted by atomic mass is 79.9. The average molecular weight is 476 g/mol. The quantitative estimate of drug-likeness (QED) is 0.418. The second-order valence-corrected chi connectivity index (χ2v) is 9.47. The van der Waals surface area contributed by atoms with Gasteiger partial charge in [0.1, 0.15) is 5.75 Å². The lowest BCUT2D eigenvalue weighted by Gasteiger charge is -2.08. The van der Waals surface area contributed by atoms with Gasteiger partial charge in [-0.2, -0.15) is 0 Å². The number of carbonyl (C=O) groups is 2. The van der Waals surface area contributed by atoms with Crippen molar-refractivity contribution >= 4 is 49.0 Å². The molecule has 0 saturated carbocycles. The maximum absolute atomic E-state index is 12.2. The summed E-state index contributed by atoms with van der Waals surface area (Å²) >= 11 is 4.50. The van der Waals surface area contributed by atoms with Crippen LogP contribution >= 0.6 is 27.3 Å². The molecule has 1 N–H and O–H groups in total. The molecule has 0 bridgehead atoms. The molecule has 1 heterocycles. The number of nitrogens with one attached hydrogen (secondary N) is 1. The van der Waals surface area contributed by atoms with Crippen LogP contribution in [0.3, 0.4) is 0 Å². The summed E-state index contributed by atoms with van der Waals surface area (Å²) in [7, 11) is -3.74. The molecule has 146 valence electrons. The number of sulfonamides is 1. The third-order valence-electron chi connectivity index (χ3n) is 3.28. The van der Waals surface area contributed by atoms with E-state index in [0.29, 0.717) is 17.2 Å². The number of benzene rings is 1. The first-order valence-corrected chi connectivity index (χ1v) is 11.1. The molecule has 0 saturated heterocycles. The molecule has 7 nitrogen and oxygen atoms in total. The Hall–Kier alpha value is -1.75. The SMILES string of the molecule is CCOc1ccc(S(=O)(=O)NCCC(=O)OCC(=O)c2ccc(Br)s2)cc1. The predicted molar refractivity (Wildman–Crippen MR) is 105 cm³/mol. The highest BCUT2D eigenvalue weighted by molar-refractivity contribution is 9.11. The van der Waals surface area contributed by atoms with Crippen LogP contribution in [0.5, 0.6) is 5.75 Å². The molecule has 0 fully saturated rings. The lowest BCUT2D eigenvalue weighted by Crippen LogP contribution is -2.27. The topological polar surface area (TPSA) is 98.8 Å². The van der Waals surface area contributed by atoms with Gasteiger partial charge < -0.3 is 9.47 Å². The highest BCUT2D eigenvalue weighted by Gasteiger charge is 2.16. The van der Waals surface area contributed by atoms with Gasteiger partial charge in [0.15, 0.2) is 6.61 Å². The molecule has 0 aliphatic rings. The monoisotopic (exact) mass is 475 g/mol. The third kappa shape index (κ3) is 6.73. The second-order valence-electron chi connectivity index (χ2n) is 5.24. The van der Waals surface area contributed by atoms with E-state index in [2.05, 4.69) is 20.7 Å². The lowest BCUT2D eigenvalue weighted by molar-refractivity contribution is -0.142. The maximum Gasteiger partial charge on any atom is 0.307 e. The summed E-state index contributed by atoms with van der Waals surface area (Å²) in [5.74, 6) is -0.398. The van der Waals surface area contributed by atoms with Crippen LogP contribution in [-0.2, 0) is 19.6 Å². The fourth-order valence-corrected chi connectivity index (χ4v) is 4.35. The van der Waals surface area contributed by atoms with E-state index in [1.807, 2.05) is 6.92 Å². The normalized spacial score (nSPS) is 11.2. The van der Waals surface area contributed by atoms with Gasteiger partial charge in [-0.05, 0) is 59.3 Å². The van der Waals surface area contributed by atoms with E-state index < -0.39 is 16.0 Å². The Kier molecular flexibility index (Phi) is 7.96. The number of ether oxygens (including phenoxy) is 2. The Morgan fingerprint density at radius 1 is 1.15 bits per heavy atom. The van der Waals surface area contributed by atoms with Crippen molar-refractivity contribution in [2.24, 2.45) is 0 Å². The summed E-state index contributed by atoms with van der Waals surface area (Å²) in [5, 5.41) is 0. The van der Waals surface area contributed by atoms with Gasteiger partial charge in [-0.3, -0.25) is 9.59 Å². The summed E-state index contributed by atoms with van der Waals surface area (Å²) in [4.78, 5) is 24.1. The van der Waals surface area contributed by atoms with Crippen LogP contribution in [0.4, 0.5) is 0 Å². The van der Waals surface area contributed by atoms with Crippen molar-refractivity contribution in [1.82, 2.24) is 4.72 Å². The standard InChI is InChI=1S/C17H18BrNO6S2/c1-2-24-12-3-5-13(6-4-12)27(22,23)19-10-9-17(21)25-11-14(20)15-7-8-16(18)26-15/h3-8,19H,2,9-11H2,1H3. The van der Waals surface area contributed by atoms with Crippen LogP contribution in [0.15, 0.2) is 45.1 Å². The molecule has 1 aromatic carbocycles. The molecule has 0 atom stereocenters. The zero-order chi connectivity index (χ0) is 19.9. The van der Waals surface area contributed by atoms with E-state index in [1.54, 1.807) is 24.3 Å². The first-order valence-electron chi connectivity index (χ1n) is 7.98. The number of Topliss-reactive ketones (excluding diaryl/α,β-unsaturated/α-hetero) is 1. The maximum atomic E-state index is 12.2. The zero-order valence-corrected chi connectivity index (χ0v) is 17.7. The van der Waals surface area contributed by atoms with E-state index in [9.17, 15) is 18.0 Å². The van der Waals surface area contributed by atoms with Gasteiger partial charge in [0.2, 0.25) is 15.8 Å². The number of halogens is 1. The van der Waals surface area contributed by atoms with Crippen molar-refractivity contribution in [3.8, 4) is 5.75 Å². The minimum Gasteiger partial charge on any atom is -0.494 e. The fraction of sp³-hybridized carbons (Fsp3) is 0.294. The summed E-state index contributed by atoms with van der Waals surface area (Å²) in [5.41, 5.74) is 0. The minimum atomic E-state index is -3.74. The third-order valence-corrected chi connectivity index (χ3v) is 6.42. The van der Waals surface area contributed by atoms with Crippen molar-refractivity contribution in [3.05, 3.63) is 45.1 Å². The summed E-state index contributed by atoms with van der Waals surface area (Å²) in [6, 6.07) is 9.32. The highest BCUT2D eigenvalue weighted by Crippen LogP contribution is 2.22. The molecular formula is C17H18BrNO6S2. The number of ketones is 1. The summed E-state index contributed by atoms with van der Waals surface area (Å²) in [6.07, 6.45) is -0.183. The molecular weight excluding hydrogens is 458 g/mol. The number of hydrogen-bond donors (Lipinski definition) is 1. The minimum absolute atomic E-state index is 0.0674. The fourth-order valence-electron chi connectivity index (χ4n) is 2.01. The molecule has 2 aromatic rings. The van der Waals surface area contributed by atoms with Crippen LogP contribution in [-0.4, -0.2) is 39.9 Å². The van der Waals surface area contributed by atoms with E-state index in [4.69, 9.17) is 9.47 Å². The van der Waals surface area contributed by atoms with Crippen LogP contribution < -0.4 is 9.46 Å². The van der Waals surface area contributed by atoms with Crippen molar-refractivity contribution in [1.29, 1.82) is 0 Å². The lowest BCUT2D eigenvalue weighted by atomic mass is 10.3. The Balaban J connectivity index is 1.77. The summed E-state index contributed by atoms with van der Waals surface area (Å²) < 4.78 is 37.6. The molecule has 0 aliphatic heterocycles. The van der Waals surface area contributed by atoms with E-state index in [-0.39, 0.29) is 30.3 Å². The Morgan fingerprint density at radius 3 is 2.44 bits per heavy atom. The van der Waals surface area contributed by atoms with Crippen LogP contribution in [0.1, 0.15) is 23.0 Å². The zero-order valence-electron chi connectivity index (χ0n) is 14.4. The first kappa shape index (κ1) is 21.5. The number of carbonyl (C=O) groups excluding carboxylic acids is 2. The van der Waals surface area contributed by atoms with Gasteiger partial charge in [0.25, 0.3) is 0 Å². The van der Waals surface area contributed by atoms with Gasteiger partial charge in [0.05, 0.1) is 26.6 Å². The van der Waals surface area contributed by atoms with Gasteiger partial charge in [-0.15, -0.1) is 11.3 Å².